The summed E-state index contributed by atoms with van der Waals surface area (Å²) in [6.07, 6.45) is 0. The number of thiophene rings is 1. The molecular formula is C16H14N2O2S2. The molecule has 4 nitrogen and oxygen atoms in total. The highest BCUT2D eigenvalue weighted by Crippen LogP contribution is 2.38. The molecule has 22 heavy (non-hydrogen) atoms. The number of carbonyl (C=O) groups is 1. The number of hydrogen-bond acceptors (Lipinski definition) is 5. The summed E-state index contributed by atoms with van der Waals surface area (Å²) in [5.41, 5.74) is 3.37. The predicted octanol–water partition coefficient (Wildman–Crippen LogP) is 4.15. The van der Waals surface area contributed by atoms with Gasteiger partial charge in [-0.25, -0.2) is 9.97 Å². The summed E-state index contributed by atoms with van der Waals surface area (Å²) in [5.74, 6) is -0.186. The van der Waals surface area contributed by atoms with Crippen LogP contribution >= 0.6 is 23.1 Å². The number of aryl methyl sites for hydroxylation is 2. The average Bonchev–Trinajstić information content (AvgIpc) is 2.89. The van der Waals surface area contributed by atoms with Gasteiger partial charge in [-0.1, -0.05) is 41.6 Å². The fourth-order valence-electron chi connectivity index (χ4n) is 2.19. The van der Waals surface area contributed by atoms with Crippen LogP contribution in [0.4, 0.5) is 0 Å². The lowest BCUT2D eigenvalue weighted by atomic mass is 10.1. The van der Waals surface area contributed by atoms with Gasteiger partial charge in [0.05, 0.1) is 11.1 Å². The van der Waals surface area contributed by atoms with Gasteiger partial charge in [0.1, 0.15) is 15.7 Å². The van der Waals surface area contributed by atoms with Gasteiger partial charge in [-0.15, -0.1) is 11.3 Å². The summed E-state index contributed by atoms with van der Waals surface area (Å²) in [7, 11) is 0. The van der Waals surface area contributed by atoms with E-state index in [1.165, 1.54) is 17.3 Å². The lowest BCUT2D eigenvalue weighted by Crippen LogP contribution is -1.99. The van der Waals surface area contributed by atoms with Crippen LogP contribution in [0.3, 0.4) is 0 Å². The van der Waals surface area contributed by atoms with E-state index in [1.54, 1.807) is 11.3 Å². The lowest BCUT2D eigenvalue weighted by molar-refractivity contribution is -0.133. The van der Waals surface area contributed by atoms with Crippen molar-refractivity contribution in [3.63, 3.8) is 0 Å². The summed E-state index contributed by atoms with van der Waals surface area (Å²) in [6.45, 7) is 3.88. The van der Waals surface area contributed by atoms with E-state index < -0.39 is 5.97 Å². The lowest BCUT2D eigenvalue weighted by Gasteiger charge is -2.06. The van der Waals surface area contributed by atoms with Crippen molar-refractivity contribution in [2.45, 2.75) is 18.9 Å². The van der Waals surface area contributed by atoms with E-state index in [0.29, 0.717) is 5.82 Å². The molecule has 0 amide bonds. The first-order valence-electron chi connectivity index (χ1n) is 6.72. The fourth-order valence-corrected chi connectivity index (χ4v) is 4.06. The first-order chi connectivity index (χ1) is 10.5. The monoisotopic (exact) mass is 330 g/mol. The Morgan fingerprint density at radius 3 is 2.64 bits per heavy atom. The maximum absolute atomic E-state index is 10.9. The third-order valence-electron chi connectivity index (χ3n) is 3.21. The van der Waals surface area contributed by atoms with Gasteiger partial charge in [0.2, 0.25) is 0 Å². The van der Waals surface area contributed by atoms with E-state index in [2.05, 4.69) is 46.5 Å². The van der Waals surface area contributed by atoms with Crippen LogP contribution in [0.5, 0.6) is 0 Å². The number of nitrogens with zero attached hydrogens (tertiary/aromatic N) is 2. The van der Waals surface area contributed by atoms with Crippen LogP contribution in [-0.2, 0) is 4.79 Å². The van der Waals surface area contributed by atoms with Gasteiger partial charge < -0.3 is 5.11 Å². The molecule has 3 aromatic rings. The van der Waals surface area contributed by atoms with Crippen molar-refractivity contribution in [1.29, 1.82) is 0 Å². The molecule has 0 saturated heterocycles. The quantitative estimate of drug-likeness (QED) is 0.575. The number of aliphatic carboxylic acids is 1. The van der Waals surface area contributed by atoms with Crippen molar-refractivity contribution < 1.29 is 9.90 Å². The molecule has 2 heterocycles. The molecule has 0 atom stereocenters. The van der Waals surface area contributed by atoms with Gasteiger partial charge in [-0.2, -0.15) is 0 Å². The van der Waals surface area contributed by atoms with Crippen molar-refractivity contribution in [2.24, 2.45) is 0 Å². The van der Waals surface area contributed by atoms with Gasteiger partial charge in [0.25, 0.3) is 0 Å². The third-order valence-corrected chi connectivity index (χ3v) is 5.04. The largest absolute Gasteiger partial charge is 0.481 e. The fraction of sp³-hybridized carbons (Fsp3) is 0.188. The number of benzene rings is 1. The molecule has 1 N–H and O–H groups in total. The SMILES string of the molecule is Cc1ccc(-c2csc3nc(C)nc(SCC(=O)O)c23)cc1. The third kappa shape index (κ3) is 2.98. The second-order valence-corrected chi connectivity index (χ2v) is 6.78. The molecule has 0 aliphatic heterocycles. The van der Waals surface area contributed by atoms with Gasteiger partial charge >= 0.3 is 5.97 Å². The molecule has 0 aliphatic rings. The van der Waals surface area contributed by atoms with Crippen LogP contribution in [0, 0.1) is 13.8 Å². The van der Waals surface area contributed by atoms with Crippen LogP contribution in [0.1, 0.15) is 11.4 Å². The van der Waals surface area contributed by atoms with E-state index in [9.17, 15) is 4.79 Å². The Morgan fingerprint density at radius 1 is 1.23 bits per heavy atom. The molecule has 0 unspecified atom stereocenters. The Balaban J connectivity index is 2.15. The van der Waals surface area contributed by atoms with Crippen molar-refractivity contribution >= 4 is 39.3 Å². The van der Waals surface area contributed by atoms with Gasteiger partial charge in [-0.3, -0.25) is 4.79 Å². The summed E-state index contributed by atoms with van der Waals surface area (Å²) >= 11 is 2.81. The molecule has 0 saturated carbocycles. The van der Waals surface area contributed by atoms with E-state index in [0.717, 1.165) is 26.4 Å². The van der Waals surface area contributed by atoms with Crippen LogP contribution < -0.4 is 0 Å². The van der Waals surface area contributed by atoms with Gasteiger partial charge in [0, 0.05) is 10.9 Å². The Hall–Kier alpha value is -1.92. The zero-order valence-corrected chi connectivity index (χ0v) is 13.8. The first-order valence-corrected chi connectivity index (χ1v) is 8.58. The minimum absolute atomic E-state index is 0.00522. The highest BCUT2D eigenvalue weighted by Gasteiger charge is 2.15. The first kappa shape index (κ1) is 15.0. The van der Waals surface area contributed by atoms with Crippen LogP contribution in [0.25, 0.3) is 21.3 Å². The minimum Gasteiger partial charge on any atom is -0.481 e. The smallest absolute Gasteiger partial charge is 0.313 e. The molecule has 1 aromatic carbocycles. The Bertz CT molecular complexity index is 841. The molecule has 0 radical (unpaired) electrons. The molecule has 0 spiro atoms. The standard InChI is InChI=1S/C16H14N2O2S2/c1-9-3-5-11(6-4-9)12-7-21-15-14(12)16(18-10(2)17-15)22-8-13(19)20/h3-7H,8H2,1-2H3,(H,19,20). The molecule has 2 aromatic heterocycles. The maximum Gasteiger partial charge on any atom is 0.313 e. The van der Waals surface area contributed by atoms with E-state index >= 15 is 0 Å². The number of thioether (sulfide) groups is 1. The average molecular weight is 330 g/mol. The number of fused-ring (bicyclic) bond motifs is 1. The Labute approximate surface area is 136 Å². The summed E-state index contributed by atoms with van der Waals surface area (Å²) in [4.78, 5) is 20.7. The Morgan fingerprint density at radius 2 is 1.95 bits per heavy atom. The minimum atomic E-state index is -0.846. The summed E-state index contributed by atoms with van der Waals surface area (Å²) in [6, 6.07) is 8.28. The van der Waals surface area contributed by atoms with E-state index in [-0.39, 0.29) is 5.75 Å². The topological polar surface area (TPSA) is 63.1 Å². The van der Waals surface area contributed by atoms with E-state index in [1.807, 2.05) is 6.92 Å². The highest BCUT2D eigenvalue weighted by atomic mass is 32.2. The van der Waals surface area contributed by atoms with Crippen LogP contribution in [0.2, 0.25) is 0 Å². The summed E-state index contributed by atoms with van der Waals surface area (Å²) in [5, 5.41) is 12.7. The van der Waals surface area contributed by atoms with Crippen molar-refractivity contribution in [2.75, 3.05) is 5.75 Å². The number of rotatable bonds is 4. The summed E-state index contributed by atoms with van der Waals surface area (Å²) < 4.78 is 0. The van der Waals surface area contributed by atoms with Crippen molar-refractivity contribution in [1.82, 2.24) is 9.97 Å². The molecule has 0 bridgehead atoms. The van der Waals surface area contributed by atoms with E-state index in [4.69, 9.17) is 5.11 Å². The molecule has 112 valence electrons. The number of carboxylic acids is 1. The Kier molecular flexibility index (Phi) is 4.13. The van der Waals surface area contributed by atoms with Crippen LogP contribution in [-0.4, -0.2) is 26.8 Å². The van der Waals surface area contributed by atoms with Crippen molar-refractivity contribution in [3.8, 4) is 11.1 Å². The van der Waals surface area contributed by atoms with Gasteiger partial charge in [-0.05, 0) is 19.4 Å². The predicted molar refractivity (Wildman–Crippen MR) is 90.7 cm³/mol. The zero-order chi connectivity index (χ0) is 15.7. The normalized spacial score (nSPS) is 11.0. The molecule has 0 fully saturated rings. The zero-order valence-electron chi connectivity index (χ0n) is 12.2. The number of hydrogen-bond donors (Lipinski definition) is 1. The molecular weight excluding hydrogens is 316 g/mol. The molecule has 6 heteroatoms. The van der Waals surface area contributed by atoms with Crippen LogP contribution in [0.15, 0.2) is 34.7 Å². The number of carboxylic acid groups (broad SMARTS) is 1. The number of aromatic nitrogens is 2. The second-order valence-electron chi connectivity index (χ2n) is 4.95. The molecule has 3 rings (SSSR count). The van der Waals surface area contributed by atoms with Crippen molar-refractivity contribution in [3.05, 3.63) is 41.0 Å². The second kappa shape index (κ2) is 6.06. The maximum atomic E-state index is 10.9. The molecule has 0 aliphatic carbocycles. The highest BCUT2D eigenvalue weighted by molar-refractivity contribution is 8.00. The van der Waals surface area contributed by atoms with Gasteiger partial charge in [0.15, 0.2) is 0 Å².